The summed E-state index contributed by atoms with van der Waals surface area (Å²) >= 11 is 0. The predicted molar refractivity (Wildman–Crippen MR) is 93.9 cm³/mol. The van der Waals surface area contributed by atoms with Gasteiger partial charge >= 0.3 is 6.36 Å². The molecule has 0 saturated heterocycles. The summed E-state index contributed by atoms with van der Waals surface area (Å²) in [5.41, 5.74) is 1.65. The molecular formula is C20H16F3NO3. The van der Waals surface area contributed by atoms with E-state index in [2.05, 4.69) is 9.73 Å². The molecule has 7 heteroatoms. The number of ether oxygens (including phenoxy) is 2. The van der Waals surface area contributed by atoms with Gasteiger partial charge in [0.1, 0.15) is 23.9 Å². The minimum absolute atomic E-state index is 0.234. The Morgan fingerprint density at radius 1 is 0.926 bits per heavy atom. The van der Waals surface area contributed by atoms with Gasteiger partial charge in [0.2, 0.25) is 0 Å². The van der Waals surface area contributed by atoms with E-state index in [1.807, 2.05) is 24.3 Å². The number of hydrogen-bond acceptors (Lipinski definition) is 4. The summed E-state index contributed by atoms with van der Waals surface area (Å²) in [6.07, 6.45) is -1.35. The third-order valence-electron chi connectivity index (χ3n) is 3.51. The quantitative estimate of drug-likeness (QED) is 0.521. The lowest BCUT2D eigenvalue weighted by Gasteiger charge is -2.10. The number of nitrogens with zero attached hydrogens (tertiary/aromatic N) is 1. The van der Waals surface area contributed by atoms with Crippen molar-refractivity contribution in [3.8, 4) is 11.5 Å². The number of benzene rings is 2. The van der Waals surface area contributed by atoms with E-state index < -0.39 is 6.36 Å². The first-order valence-electron chi connectivity index (χ1n) is 8.08. The minimum Gasteiger partial charge on any atom is -0.489 e. The summed E-state index contributed by atoms with van der Waals surface area (Å²) in [6.45, 7) is 0.706. The monoisotopic (exact) mass is 375 g/mol. The average Bonchev–Trinajstić information content (AvgIpc) is 3.14. The SMILES string of the molecule is FC(F)(F)Oc1ccc(COc2ccc(/C=N\Cc3ccco3)cc2)cc1. The van der Waals surface area contributed by atoms with Gasteiger partial charge in [-0.1, -0.05) is 12.1 Å². The van der Waals surface area contributed by atoms with Crippen molar-refractivity contribution in [1.29, 1.82) is 0 Å². The first-order valence-corrected chi connectivity index (χ1v) is 8.08. The van der Waals surface area contributed by atoms with Crippen molar-refractivity contribution in [2.75, 3.05) is 0 Å². The largest absolute Gasteiger partial charge is 0.573 e. The summed E-state index contributed by atoms with van der Waals surface area (Å²) in [5.74, 6) is 1.18. The topological polar surface area (TPSA) is 44.0 Å². The van der Waals surface area contributed by atoms with Crippen LogP contribution in [0.1, 0.15) is 16.9 Å². The molecule has 4 nitrogen and oxygen atoms in total. The van der Waals surface area contributed by atoms with Crippen molar-refractivity contribution >= 4 is 6.21 Å². The molecule has 0 fully saturated rings. The number of furan rings is 1. The van der Waals surface area contributed by atoms with Gasteiger partial charge in [-0.2, -0.15) is 0 Å². The Morgan fingerprint density at radius 3 is 2.26 bits per heavy atom. The van der Waals surface area contributed by atoms with Gasteiger partial charge in [-0.25, -0.2) is 0 Å². The van der Waals surface area contributed by atoms with Crippen LogP contribution in [0, 0.1) is 0 Å². The molecule has 0 aliphatic heterocycles. The fourth-order valence-corrected chi connectivity index (χ4v) is 2.25. The molecule has 140 valence electrons. The van der Waals surface area contributed by atoms with Crippen LogP contribution in [0.5, 0.6) is 11.5 Å². The Labute approximate surface area is 153 Å². The molecule has 0 atom stereocenters. The van der Waals surface area contributed by atoms with Crippen LogP contribution >= 0.6 is 0 Å². The molecule has 3 aromatic rings. The minimum atomic E-state index is -4.69. The van der Waals surface area contributed by atoms with E-state index in [1.54, 1.807) is 24.6 Å². The summed E-state index contributed by atoms with van der Waals surface area (Å²) in [4.78, 5) is 4.29. The van der Waals surface area contributed by atoms with Gasteiger partial charge < -0.3 is 13.9 Å². The van der Waals surface area contributed by atoms with E-state index in [4.69, 9.17) is 9.15 Å². The lowest BCUT2D eigenvalue weighted by atomic mass is 10.2. The summed E-state index contributed by atoms with van der Waals surface area (Å²) < 4.78 is 51.1. The molecule has 0 saturated carbocycles. The van der Waals surface area contributed by atoms with Gasteiger partial charge in [0.05, 0.1) is 12.8 Å². The Morgan fingerprint density at radius 2 is 1.63 bits per heavy atom. The van der Waals surface area contributed by atoms with Crippen LogP contribution in [0.2, 0.25) is 0 Å². The van der Waals surface area contributed by atoms with Crippen molar-refractivity contribution in [2.24, 2.45) is 4.99 Å². The molecule has 0 aliphatic carbocycles. The number of aliphatic imine (C=N–C) groups is 1. The molecule has 3 rings (SSSR count). The second kappa shape index (κ2) is 8.44. The first-order chi connectivity index (χ1) is 13.0. The molecule has 0 radical (unpaired) electrons. The predicted octanol–water partition coefficient (Wildman–Crippen LogP) is 5.38. The van der Waals surface area contributed by atoms with Gasteiger partial charge in [-0.15, -0.1) is 13.2 Å². The van der Waals surface area contributed by atoms with Crippen molar-refractivity contribution in [3.05, 3.63) is 83.8 Å². The summed E-state index contributed by atoms with van der Waals surface area (Å²) in [6, 6.07) is 16.6. The molecule has 27 heavy (non-hydrogen) atoms. The Balaban J connectivity index is 1.49. The normalized spacial score (nSPS) is 11.7. The molecular weight excluding hydrogens is 359 g/mol. The van der Waals surface area contributed by atoms with Crippen molar-refractivity contribution < 1.29 is 27.1 Å². The Hall–Kier alpha value is -3.22. The van der Waals surface area contributed by atoms with Crippen LogP contribution in [0.3, 0.4) is 0 Å². The Kier molecular flexibility index (Phi) is 5.80. The number of hydrogen-bond donors (Lipinski definition) is 0. The molecule has 0 bridgehead atoms. The third-order valence-corrected chi connectivity index (χ3v) is 3.51. The van der Waals surface area contributed by atoms with Crippen LogP contribution in [0.25, 0.3) is 0 Å². The lowest BCUT2D eigenvalue weighted by Crippen LogP contribution is -2.17. The number of halogens is 3. The maximum atomic E-state index is 12.1. The van der Waals surface area contributed by atoms with Crippen LogP contribution in [-0.2, 0) is 13.2 Å². The zero-order valence-electron chi connectivity index (χ0n) is 14.1. The van der Waals surface area contributed by atoms with Crippen LogP contribution in [0.4, 0.5) is 13.2 Å². The van der Waals surface area contributed by atoms with Crippen molar-refractivity contribution in [1.82, 2.24) is 0 Å². The van der Waals surface area contributed by atoms with Gasteiger partial charge in [-0.3, -0.25) is 4.99 Å². The fourth-order valence-electron chi connectivity index (χ4n) is 2.25. The molecule has 0 N–H and O–H groups in total. The highest BCUT2D eigenvalue weighted by Crippen LogP contribution is 2.23. The zero-order valence-corrected chi connectivity index (χ0v) is 14.1. The molecule has 0 amide bonds. The second-order valence-electron chi connectivity index (χ2n) is 5.60. The van der Waals surface area contributed by atoms with Gasteiger partial charge in [0.15, 0.2) is 0 Å². The molecule has 0 aliphatic rings. The van der Waals surface area contributed by atoms with E-state index >= 15 is 0 Å². The van der Waals surface area contributed by atoms with Gasteiger partial charge in [0.25, 0.3) is 0 Å². The highest BCUT2D eigenvalue weighted by atomic mass is 19.4. The van der Waals surface area contributed by atoms with Gasteiger partial charge in [0, 0.05) is 6.21 Å². The molecule has 0 spiro atoms. The van der Waals surface area contributed by atoms with E-state index in [1.165, 1.54) is 24.3 Å². The highest BCUT2D eigenvalue weighted by Gasteiger charge is 2.30. The van der Waals surface area contributed by atoms with Crippen LogP contribution < -0.4 is 9.47 Å². The molecule has 1 aromatic heterocycles. The molecule has 2 aromatic carbocycles. The van der Waals surface area contributed by atoms with Crippen LogP contribution in [-0.4, -0.2) is 12.6 Å². The summed E-state index contributed by atoms with van der Waals surface area (Å²) in [7, 11) is 0. The smallest absolute Gasteiger partial charge is 0.489 e. The number of rotatable bonds is 7. The standard InChI is InChI=1S/C20H16F3NO3/c21-20(22,23)27-18-9-5-16(6-10-18)14-26-17-7-3-15(4-8-17)12-24-13-19-2-1-11-25-19/h1-12H,13-14H2/b24-12-. The first kappa shape index (κ1) is 18.6. The van der Waals surface area contributed by atoms with Crippen molar-refractivity contribution in [3.63, 3.8) is 0 Å². The third kappa shape index (κ3) is 6.22. The summed E-state index contributed by atoms with van der Waals surface area (Å²) in [5, 5.41) is 0. The van der Waals surface area contributed by atoms with E-state index in [0.717, 1.165) is 16.9 Å². The number of alkyl halides is 3. The zero-order chi connectivity index (χ0) is 19.1. The van der Waals surface area contributed by atoms with Crippen molar-refractivity contribution in [2.45, 2.75) is 19.5 Å². The second-order valence-corrected chi connectivity index (χ2v) is 5.60. The fraction of sp³-hybridized carbons (Fsp3) is 0.150. The molecule has 0 unspecified atom stereocenters. The highest BCUT2D eigenvalue weighted by molar-refractivity contribution is 5.79. The van der Waals surface area contributed by atoms with E-state index in [0.29, 0.717) is 12.3 Å². The molecule has 1 heterocycles. The Bertz CT molecular complexity index is 855. The van der Waals surface area contributed by atoms with E-state index in [-0.39, 0.29) is 12.4 Å². The van der Waals surface area contributed by atoms with E-state index in [9.17, 15) is 13.2 Å². The maximum Gasteiger partial charge on any atom is 0.573 e. The lowest BCUT2D eigenvalue weighted by molar-refractivity contribution is -0.274. The van der Waals surface area contributed by atoms with Gasteiger partial charge in [-0.05, 0) is 59.7 Å². The maximum absolute atomic E-state index is 12.1. The van der Waals surface area contributed by atoms with Crippen LogP contribution in [0.15, 0.2) is 76.3 Å². The average molecular weight is 375 g/mol.